The number of nitro groups is 1. The van der Waals surface area contributed by atoms with Gasteiger partial charge in [0.2, 0.25) is 0 Å². The summed E-state index contributed by atoms with van der Waals surface area (Å²) in [6, 6.07) is 10.5. The Morgan fingerprint density at radius 2 is 1.92 bits per heavy atom. The first kappa shape index (κ1) is 16.4. The number of anilines is 2. The van der Waals surface area contributed by atoms with Gasteiger partial charge in [0, 0.05) is 42.4 Å². The average Bonchev–Trinajstić information content (AvgIpc) is 2.96. The van der Waals surface area contributed by atoms with Gasteiger partial charge in [-0.05, 0) is 42.3 Å². The van der Waals surface area contributed by atoms with Crippen LogP contribution in [0.25, 0.3) is 0 Å². The van der Waals surface area contributed by atoms with Crippen LogP contribution in [0.3, 0.4) is 0 Å². The Morgan fingerprint density at radius 3 is 2.50 bits per heavy atom. The van der Waals surface area contributed by atoms with Gasteiger partial charge in [0.25, 0.3) is 11.6 Å². The summed E-state index contributed by atoms with van der Waals surface area (Å²) >= 11 is 3.29. The molecule has 0 spiro atoms. The van der Waals surface area contributed by atoms with Crippen LogP contribution in [0.1, 0.15) is 15.9 Å². The Labute approximate surface area is 148 Å². The van der Waals surface area contributed by atoms with E-state index in [9.17, 15) is 14.9 Å². The highest BCUT2D eigenvalue weighted by Gasteiger charge is 2.33. The van der Waals surface area contributed by atoms with Crippen molar-refractivity contribution in [3.05, 3.63) is 62.1 Å². The second kappa shape index (κ2) is 6.24. The first-order valence-electron chi connectivity index (χ1n) is 7.44. The van der Waals surface area contributed by atoms with Gasteiger partial charge >= 0.3 is 0 Å². The van der Waals surface area contributed by atoms with Crippen molar-refractivity contribution < 1.29 is 9.72 Å². The van der Waals surface area contributed by atoms with Crippen LogP contribution in [-0.4, -0.2) is 31.5 Å². The summed E-state index contributed by atoms with van der Waals surface area (Å²) in [6.45, 7) is 0.445. The van der Waals surface area contributed by atoms with Crippen molar-refractivity contribution in [2.24, 2.45) is 0 Å². The maximum atomic E-state index is 12.8. The fraction of sp³-hybridized carbons (Fsp3) is 0.235. The van der Waals surface area contributed by atoms with Gasteiger partial charge in [0.05, 0.1) is 4.92 Å². The lowest BCUT2D eigenvalue weighted by Gasteiger charge is -2.18. The Morgan fingerprint density at radius 1 is 1.25 bits per heavy atom. The summed E-state index contributed by atoms with van der Waals surface area (Å²) in [6.07, 6.45) is 0.608. The second-order valence-electron chi connectivity index (χ2n) is 5.84. The lowest BCUT2D eigenvalue weighted by molar-refractivity contribution is -0.384. The highest BCUT2D eigenvalue weighted by Crippen LogP contribution is 2.40. The molecule has 1 aliphatic rings. The molecule has 0 unspecified atom stereocenters. The molecule has 1 amide bonds. The van der Waals surface area contributed by atoms with Gasteiger partial charge in [-0.25, -0.2) is 0 Å². The van der Waals surface area contributed by atoms with Crippen molar-refractivity contribution >= 4 is 38.9 Å². The highest BCUT2D eigenvalue weighted by atomic mass is 79.9. The lowest BCUT2D eigenvalue weighted by Crippen LogP contribution is -2.29. The molecule has 124 valence electrons. The van der Waals surface area contributed by atoms with Crippen molar-refractivity contribution in [3.63, 3.8) is 0 Å². The number of halogens is 1. The van der Waals surface area contributed by atoms with Crippen LogP contribution in [0, 0.1) is 10.1 Å². The normalized spacial score (nSPS) is 12.9. The molecule has 2 aromatic carbocycles. The Bertz CT molecular complexity index is 819. The third-order valence-electron chi connectivity index (χ3n) is 4.08. The number of carbonyl (C=O) groups excluding carboxylic acids is 1. The van der Waals surface area contributed by atoms with Gasteiger partial charge in [0.15, 0.2) is 0 Å². The Balaban J connectivity index is 1.99. The number of rotatable bonds is 3. The zero-order valence-electron chi connectivity index (χ0n) is 13.3. The summed E-state index contributed by atoms with van der Waals surface area (Å²) in [7, 11) is 3.85. The standard InChI is InChI=1S/C17H16BrN3O3/c1-19(2)14-5-3-11(4-6-14)17(22)20-8-7-12-9-13(18)10-15(16(12)20)21(23)24/h3-6,9-10H,7-8H2,1-2H3. The van der Waals surface area contributed by atoms with E-state index in [4.69, 9.17) is 0 Å². The zero-order chi connectivity index (χ0) is 17.4. The minimum atomic E-state index is -0.440. The second-order valence-corrected chi connectivity index (χ2v) is 6.75. The molecule has 7 heteroatoms. The molecular weight excluding hydrogens is 374 g/mol. The van der Waals surface area contributed by atoms with E-state index in [2.05, 4.69) is 15.9 Å². The summed E-state index contributed by atoms with van der Waals surface area (Å²) < 4.78 is 0.651. The SMILES string of the molecule is CN(C)c1ccc(C(=O)N2CCc3cc(Br)cc([N+](=O)[O-])c32)cc1. The molecule has 0 N–H and O–H groups in total. The Kier molecular flexibility index (Phi) is 4.28. The van der Waals surface area contributed by atoms with Crippen LogP contribution in [0.5, 0.6) is 0 Å². The van der Waals surface area contributed by atoms with E-state index in [1.807, 2.05) is 37.2 Å². The van der Waals surface area contributed by atoms with Crippen molar-refractivity contribution in [2.45, 2.75) is 6.42 Å². The van der Waals surface area contributed by atoms with E-state index < -0.39 is 4.92 Å². The number of nitro benzene ring substituents is 1. The number of hydrogen-bond donors (Lipinski definition) is 0. The van der Waals surface area contributed by atoms with Crippen LogP contribution in [-0.2, 0) is 6.42 Å². The van der Waals surface area contributed by atoms with E-state index in [-0.39, 0.29) is 11.6 Å². The lowest BCUT2D eigenvalue weighted by atomic mass is 10.1. The number of amides is 1. The predicted octanol–water partition coefficient (Wildman–Crippen LogP) is 3.63. The molecule has 0 atom stereocenters. The van der Waals surface area contributed by atoms with Crippen LogP contribution >= 0.6 is 15.9 Å². The smallest absolute Gasteiger partial charge is 0.294 e. The number of nitrogens with zero attached hydrogens (tertiary/aromatic N) is 3. The molecule has 0 aliphatic carbocycles. The first-order valence-corrected chi connectivity index (χ1v) is 8.24. The van der Waals surface area contributed by atoms with Crippen molar-refractivity contribution in [1.29, 1.82) is 0 Å². The monoisotopic (exact) mass is 389 g/mol. The molecule has 2 aromatic rings. The van der Waals surface area contributed by atoms with Gasteiger partial charge in [-0.1, -0.05) is 15.9 Å². The van der Waals surface area contributed by atoms with Gasteiger partial charge in [-0.15, -0.1) is 0 Å². The number of carbonyl (C=O) groups is 1. The quantitative estimate of drug-likeness (QED) is 0.593. The fourth-order valence-electron chi connectivity index (χ4n) is 2.89. The van der Waals surface area contributed by atoms with Gasteiger partial charge < -0.3 is 9.80 Å². The summed E-state index contributed by atoms with van der Waals surface area (Å²) in [5.41, 5.74) is 2.68. The molecule has 1 aliphatic heterocycles. The third kappa shape index (κ3) is 2.87. The minimum Gasteiger partial charge on any atom is -0.378 e. The van der Waals surface area contributed by atoms with E-state index in [1.54, 1.807) is 12.1 Å². The van der Waals surface area contributed by atoms with E-state index >= 15 is 0 Å². The Hall–Kier alpha value is -2.41. The molecule has 24 heavy (non-hydrogen) atoms. The molecule has 0 aromatic heterocycles. The molecular formula is C17H16BrN3O3. The molecule has 1 heterocycles. The molecule has 0 fully saturated rings. The minimum absolute atomic E-state index is 0.0462. The summed E-state index contributed by atoms with van der Waals surface area (Å²) in [5.74, 6) is -0.218. The van der Waals surface area contributed by atoms with Gasteiger partial charge in [-0.2, -0.15) is 0 Å². The molecule has 0 saturated heterocycles. The van der Waals surface area contributed by atoms with Crippen LogP contribution in [0.15, 0.2) is 40.9 Å². The first-order chi connectivity index (χ1) is 11.4. The van der Waals surface area contributed by atoms with Crippen LogP contribution in [0.2, 0.25) is 0 Å². The maximum absolute atomic E-state index is 12.8. The number of fused-ring (bicyclic) bond motifs is 1. The average molecular weight is 390 g/mol. The van der Waals surface area contributed by atoms with Crippen LogP contribution < -0.4 is 9.80 Å². The topological polar surface area (TPSA) is 66.7 Å². The van der Waals surface area contributed by atoms with Crippen LogP contribution in [0.4, 0.5) is 17.1 Å². The summed E-state index contributed by atoms with van der Waals surface area (Å²) in [4.78, 5) is 27.2. The number of benzene rings is 2. The largest absolute Gasteiger partial charge is 0.378 e. The van der Waals surface area contributed by atoms with E-state index in [1.165, 1.54) is 11.0 Å². The summed E-state index contributed by atoms with van der Waals surface area (Å²) in [5, 5.41) is 11.4. The van der Waals surface area contributed by atoms with E-state index in [0.29, 0.717) is 28.7 Å². The molecule has 3 rings (SSSR count). The fourth-order valence-corrected chi connectivity index (χ4v) is 3.38. The third-order valence-corrected chi connectivity index (χ3v) is 4.54. The van der Waals surface area contributed by atoms with Gasteiger partial charge in [-0.3, -0.25) is 14.9 Å². The molecule has 0 bridgehead atoms. The zero-order valence-corrected chi connectivity index (χ0v) is 14.9. The van der Waals surface area contributed by atoms with Crippen molar-refractivity contribution in [3.8, 4) is 0 Å². The maximum Gasteiger partial charge on any atom is 0.294 e. The number of hydrogen-bond acceptors (Lipinski definition) is 4. The van der Waals surface area contributed by atoms with Crippen molar-refractivity contribution in [2.75, 3.05) is 30.4 Å². The molecule has 0 saturated carbocycles. The molecule has 0 radical (unpaired) electrons. The van der Waals surface area contributed by atoms with Crippen molar-refractivity contribution in [1.82, 2.24) is 0 Å². The van der Waals surface area contributed by atoms with Gasteiger partial charge in [0.1, 0.15) is 5.69 Å². The molecule has 6 nitrogen and oxygen atoms in total. The van der Waals surface area contributed by atoms with E-state index in [0.717, 1.165) is 11.3 Å². The highest BCUT2D eigenvalue weighted by molar-refractivity contribution is 9.10. The predicted molar refractivity (Wildman–Crippen MR) is 96.9 cm³/mol.